The predicted molar refractivity (Wildman–Crippen MR) is 109 cm³/mol. The minimum atomic E-state index is -3.16. The van der Waals surface area contributed by atoms with E-state index in [9.17, 15) is 19.0 Å². The number of β-amino-alcohol motifs (C(OH)–C–C–N with tert-alkyl or cyclic N) is 1. The number of benzene rings is 1. The van der Waals surface area contributed by atoms with Crippen molar-refractivity contribution in [2.24, 2.45) is 11.3 Å². The van der Waals surface area contributed by atoms with Crippen molar-refractivity contribution in [1.82, 2.24) is 9.03 Å². The van der Waals surface area contributed by atoms with Gasteiger partial charge in [-0.25, -0.2) is 4.79 Å². The topological polar surface area (TPSA) is 102 Å². The van der Waals surface area contributed by atoms with Gasteiger partial charge in [-0.3, -0.25) is 9.11 Å². The number of aliphatic hydroxyl groups is 1. The van der Waals surface area contributed by atoms with Crippen LogP contribution in [-0.2, 0) is 11.3 Å². The molecule has 3 rings (SSSR count). The number of hydrogen-bond donors (Lipinski definition) is 4. The van der Waals surface area contributed by atoms with Crippen LogP contribution in [0.25, 0.3) is 0 Å². The highest BCUT2D eigenvalue weighted by Crippen LogP contribution is 2.44. The molecule has 4 N–H and O–H groups in total. The zero-order chi connectivity index (χ0) is 20.4. The van der Waals surface area contributed by atoms with Gasteiger partial charge in [0, 0.05) is 12.0 Å². The summed E-state index contributed by atoms with van der Waals surface area (Å²) in [6.45, 7) is 5.15. The number of carbonyl (C=O) groups excluding carboxylic acids is 1. The van der Waals surface area contributed by atoms with E-state index >= 15 is 0 Å². The molecule has 28 heavy (non-hydrogen) atoms. The molecule has 1 saturated heterocycles. The van der Waals surface area contributed by atoms with E-state index in [0.29, 0.717) is 18.1 Å². The van der Waals surface area contributed by atoms with Crippen molar-refractivity contribution in [3.05, 3.63) is 35.4 Å². The minimum Gasteiger partial charge on any atom is -0.462 e. The number of aliphatic hydroxyl groups excluding tert-OH is 1. The summed E-state index contributed by atoms with van der Waals surface area (Å²) in [5.41, 5.74) is 1.28. The van der Waals surface area contributed by atoms with Crippen molar-refractivity contribution in [1.29, 1.82) is 0 Å². The van der Waals surface area contributed by atoms with E-state index in [1.54, 1.807) is 24.3 Å². The second kappa shape index (κ2) is 8.69. The molecule has 0 radical (unpaired) electrons. The molecule has 0 amide bonds. The third-order valence-electron chi connectivity index (χ3n) is 5.86. The van der Waals surface area contributed by atoms with Gasteiger partial charge >= 0.3 is 5.97 Å². The van der Waals surface area contributed by atoms with E-state index in [1.807, 2.05) is 0 Å². The molecule has 0 spiro atoms. The summed E-state index contributed by atoms with van der Waals surface area (Å²) in [5.74, 6) is 0.263. The normalized spacial score (nSPS) is 24.8. The quantitative estimate of drug-likeness (QED) is 0.528. The smallest absolute Gasteiger partial charge is 0.338 e. The molecule has 1 aliphatic carbocycles. The van der Waals surface area contributed by atoms with Crippen LogP contribution < -0.4 is 4.72 Å². The van der Waals surface area contributed by atoms with Gasteiger partial charge in [0.2, 0.25) is 0 Å². The van der Waals surface area contributed by atoms with E-state index in [4.69, 9.17) is 4.74 Å². The summed E-state index contributed by atoms with van der Waals surface area (Å²) < 4.78 is 29.1. The fourth-order valence-corrected chi connectivity index (χ4v) is 5.30. The highest BCUT2D eigenvalue weighted by molar-refractivity contribution is 8.20. The maximum atomic E-state index is 12.4. The van der Waals surface area contributed by atoms with Crippen molar-refractivity contribution in [2.75, 3.05) is 13.2 Å². The third-order valence-corrected chi connectivity index (χ3v) is 7.45. The lowest BCUT2D eigenvalue weighted by atomic mass is 9.71. The van der Waals surface area contributed by atoms with E-state index < -0.39 is 17.2 Å². The van der Waals surface area contributed by atoms with Gasteiger partial charge in [0.1, 0.15) is 6.23 Å². The van der Waals surface area contributed by atoms with Gasteiger partial charge in [0.25, 0.3) is 0 Å². The molecule has 8 heteroatoms. The molecule has 0 aromatic heterocycles. The molecular formula is C20H32N2O5S. The highest BCUT2D eigenvalue weighted by atomic mass is 32.3. The van der Waals surface area contributed by atoms with Crippen molar-refractivity contribution >= 4 is 16.9 Å². The second-order valence-electron chi connectivity index (χ2n) is 8.57. The Morgan fingerprint density at radius 1 is 1.21 bits per heavy atom. The van der Waals surface area contributed by atoms with Gasteiger partial charge in [-0.15, -0.1) is 0 Å². The van der Waals surface area contributed by atoms with Crippen LogP contribution in [0.3, 0.4) is 0 Å². The first-order chi connectivity index (χ1) is 13.2. The van der Waals surface area contributed by atoms with E-state index in [2.05, 4.69) is 18.6 Å². The van der Waals surface area contributed by atoms with Gasteiger partial charge in [-0.2, -0.15) is 9.03 Å². The van der Waals surface area contributed by atoms with Gasteiger partial charge in [-0.05, 0) is 36.5 Å². The molecule has 0 bridgehead atoms. The van der Waals surface area contributed by atoms with Crippen LogP contribution in [0, 0.1) is 11.3 Å². The van der Waals surface area contributed by atoms with Gasteiger partial charge in [0.05, 0.1) is 18.7 Å². The minimum absolute atomic E-state index is 0.0199. The Morgan fingerprint density at radius 2 is 1.86 bits per heavy atom. The fraction of sp³-hybridized carbons (Fsp3) is 0.650. The molecule has 7 nitrogen and oxygen atoms in total. The first kappa shape index (κ1) is 21.5. The van der Waals surface area contributed by atoms with Crippen LogP contribution >= 0.6 is 11.0 Å². The van der Waals surface area contributed by atoms with Crippen LogP contribution in [-0.4, -0.2) is 43.9 Å². The SMILES string of the molecule is CC(C)(COC(=O)c1ccc(CN2CC(O)NS2(O)O)cc1)C1CCCCC1. The summed E-state index contributed by atoms with van der Waals surface area (Å²) in [4.78, 5) is 12.4. The largest absolute Gasteiger partial charge is 0.462 e. The van der Waals surface area contributed by atoms with Gasteiger partial charge < -0.3 is 9.84 Å². The molecule has 1 aromatic rings. The van der Waals surface area contributed by atoms with Crippen LogP contribution in [0.5, 0.6) is 0 Å². The monoisotopic (exact) mass is 412 g/mol. The first-order valence-corrected chi connectivity index (χ1v) is 11.4. The molecule has 2 fully saturated rings. The Bertz CT molecular complexity index is 674. The fourth-order valence-electron chi connectivity index (χ4n) is 4.03. The Hall–Kier alpha value is -1.16. The standard InChI is InChI=1S/C20H32N2O5S/c1-20(2,17-6-4-3-5-7-17)14-27-19(24)16-10-8-15(9-11-16)12-22-13-18(23)21-28(22,25)26/h8-11,17-18,21,23,25-26H,3-7,12-14H2,1-2H3. The van der Waals surface area contributed by atoms with Crippen molar-refractivity contribution in [3.63, 3.8) is 0 Å². The van der Waals surface area contributed by atoms with Crippen LogP contribution in [0.2, 0.25) is 0 Å². The lowest BCUT2D eigenvalue weighted by molar-refractivity contribution is 0.0158. The maximum absolute atomic E-state index is 12.4. The Labute approximate surface area is 168 Å². The Morgan fingerprint density at radius 3 is 2.43 bits per heavy atom. The van der Waals surface area contributed by atoms with Crippen LogP contribution in [0.4, 0.5) is 0 Å². The number of nitrogens with zero attached hydrogens (tertiary/aromatic N) is 1. The maximum Gasteiger partial charge on any atom is 0.338 e. The van der Waals surface area contributed by atoms with Crippen molar-refractivity contribution in [2.45, 2.75) is 58.7 Å². The molecule has 1 atom stereocenters. The molecular weight excluding hydrogens is 380 g/mol. The van der Waals surface area contributed by atoms with Crippen LogP contribution in [0.15, 0.2) is 24.3 Å². The number of rotatable bonds is 6. The number of carbonyl (C=O) groups is 1. The number of hydrogen-bond acceptors (Lipinski definition) is 7. The highest BCUT2D eigenvalue weighted by Gasteiger charge is 2.35. The zero-order valence-corrected chi connectivity index (χ0v) is 17.5. The summed E-state index contributed by atoms with van der Waals surface area (Å²) in [5, 5.41) is 9.54. The van der Waals surface area contributed by atoms with E-state index in [0.717, 1.165) is 5.56 Å². The molecule has 1 unspecified atom stereocenters. The average molecular weight is 413 g/mol. The summed E-state index contributed by atoms with van der Waals surface area (Å²) in [6, 6.07) is 6.92. The van der Waals surface area contributed by atoms with Gasteiger partial charge in [0.15, 0.2) is 0 Å². The molecule has 1 aliphatic heterocycles. The average Bonchev–Trinajstić information content (AvgIpc) is 2.92. The van der Waals surface area contributed by atoms with Crippen molar-refractivity contribution < 1.29 is 23.7 Å². The van der Waals surface area contributed by atoms with E-state index in [-0.39, 0.29) is 24.5 Å². The van der Waals surface area contributed by atoms with Gasteiger partial charge in [-0.1, -0.05) is 56.2 Å². The zero-order valence-electron chi connectivity index (χ0n) is 16.6. The Kier molecular flexibility index (Phi) is 6.69. The van der Waals surface area contributed by atoms with E-state index in [1.165, 1.54) is 36.4 Å². The lowest BCUT2D eigenvalue weighted by Crippen LogP contribution is -2.32. The summed E-state index contributed by atoms with van der Waals surface area (Å²) >= 11 is 0. The van der Waals surface area contributed by atoms with Crippen molar-refractivity contribution in [3.8, 4) is 0 Å². The summed E-state index contributed by atoms with van der Waals surface area (Å²) in [7, 11) is -3.16. The van der Waals surface area contributed by atoms with Crippen LogP contribution in [0.1, 0.15) is 61.9 Å². The second-order valence-corrected chi connectivity index (χ2v) is 10.4. The summed E-state index contributed by atoms with van der Waals surface area (Å²) in [6.07, 6.45) is 5.28. The molecule has 1 aromatic carbocycles. The number of esters is 1. The third kappa shape index (κ3) is 5.25. The number of nitrogens with one attached hydrogen (secondary N) is 1. The number of ether oxygens (including phenoxy) is 1. The first-order valence-electron chi connectivity index (χ1n) is 9.92. The molecule has 1 saturated carbocycles. The molecule has 158 valence electrons. The molecule has 2 aliphatic rings. The Balaban J connectivity index is 1.53. The lowest BCUT2D eigenvalue weighted by Gasteiger charge is -2.36. The predicted octanol–water partition coefficient (Wildman–Crippen LogP) is 3.75. The molecule has 1 heterocycles.